The fraction of sp³-hybridized carbons (Fsp3) is 0.381. The minimum absolute atomic E-state index is 0.199. The largest absolute Gasteiger partial charge is 0.497 e. The molecule has 1 aromatic carbocycles. The molecule has 2 amide bonds. The molecule has 0 aliphatic carbocycles. The fourth-order valence-electron chi connectivity index (χ4n) is 3.23. The summed E-state index contributed by atoms with van der Waals surface area (Å²) in [6.45, 7) is 5.01. The van der Waals surface area contributed by atoms with Crippen LogP contribution < -0.4 is 15.0 Å². The van der Waals surface area contributed by atoms with Crippen molar-refractivity contribution in [1.29, 1.82) is 0 Å². The SMILES string of the molecule is CCC(=O)N1CCCN(c2ccc(NC(=O)c3cccc(OC)c3)cn2)CC1. The molecule has 0 radical (unpaired) electrons. The van der Waals surface area contributed by atoms with Gasteiger partial charge in [0.15, 0.2) is 0 Å². The zero-order valence-electron chi connectivity index (χ0n) is 16.4. The monoisotopic (exact) mass is 382 g/mol. The van der Waals surface area contributed by atoms with Crippen molar-refractivity contribution in [2.75, 3.05) is 43.5 Å². The first kappa shape index (κ1) is 19.7. The van der Waals surface area contributed by atoms with E-state index in [-0.39, 0.29) is 11.8 Å². The van der Waals surface area contributed by atoms with Crippen molar-refractivity contribution in [2.24, 2.45) is 0 Å². The predicted molar refractivity (Wildman–Crippen MR) is 109 cm³/mol. The molecule has 0 unspecified atom stereocenters. The Balaban J connectivity index is 1.61. The van der Waals surface area contributed by atoms with Gasteiger partial charge in [-0.25, -0.2) is 4.98 Å². The van der Waals surface area contributed by atoms with Gasteiger partial charge in [-0.2, -0.15) is 0 Å². The summed E-state index contributed by atoms with van der Waals surface area (Å²) in [6, 6.07) is 10.8. The van der Waals surface area contributed by atoms with E-state index in [1.54, 1.807) is 37.6 Å². The molecule has 28 heavy (non-hydrogen) atoms. The van der Waals surface area contributed by atoms with Crippen molar-refractivity contribution in [1.82, 2.24) is 9.88 Å². The Hall–Kier alpha value is -3.09. The smallest absolute Gasteiger partial charge is 0.255 e. The molecule has 1 fully saturated rings. The first-order valence-corrected chi connectivity index (χ1v) is 9.55. The number of hydrogen-bond donors (Lipinski definition) is 1. The van der Waals surface area contributed by atoms with Gasteiger partial charge in [0.25, 0.3) is 5.91 Å². The Kier molecular flexibility index (Phi) is 6.47. The number of nitrogens with zero attached hydrogens (tertiary/aromatic N) is 3. The third kappa shape index (κ3) is 4.79. The van der Waals surface area contributed by atoms with Crippen molar-refractivity contribution in [3.05, 3.63) is 48.2 Å². The number of carbonyl (C=O) groups is 2. The molecule has 1 aliphatic rings. The highest BCUT2D eigenvalue weighted by atomic mass is 16.5. The van der Waals surface area contributed by atoms with E-state index in [1.165, 1.54) is 0 Å². The summed E-state index contributed by atoms with van der Waals surface area (Å²) in [5.74, 6) is 1.48. The van der Waals surface area contributed by atoms with E-state index in [4.69, 9.17) is 4.74 Å². The molecule has 148 valence electrons. The molecule has 7 nitrogen and oxygen atoms in total. The summed E-state index contributed by atoms with van der Waals surface area (Å²) in [7, 11) is 1.57. The predicted octanol–water partition coefficient (Wildman–Crippen LogP) is 2.79. The molecule has 0 atom stereocenters. The minimum atomic E-state index is -0.211. The quantitative estimate of drug-likeness (QED) is 0.861. The van der Waals surface area contributed by atoms with Crippen LogP contribution in [0.25, 0.3) is 0 Å². The molecule has 1 N–H and O–H groups in total. The number of pyridine rings is 1. The van der Waals surface area contributed by atoms with Crippen LogP contribution in [-0.2, 0) is 4.79 Å². The van der Waals surface area contributed by atoms with Crippen LogP contribution in [0, 0.1) is 0 Å². The molecule has 0 spiro atoms. The topological polar surface area (TPSA) is 74.8 Å². The van der Waals surface area contributed by atoms with Gasteiger partial charge in [-0.3, -0.25) is 9.59 Å². The highest BCUT2D eigenvalue weighted by Gasteiger charge is 2.18. The lowest BCUT2D eigenvalue weighted by Crippen LogP contribution is -2.34. The average molecular weight is 382 g/mol. The first-order valence-electron chi connectivity index (χ1n) is 9.55. The lowest BCUT2D eigenvalue weighted by Gasteiger charge is -2.22. The number of methoxy groups -OCH3 is 1. The third-order valence-corrected chi connectivity index (χ3v) is 4.81. The fourth-order valence-corrected chi connectivity index (χ4v) is 3.23. The number of nitrogens with one attached hydrogen (secondary N) is 1. The van der Waals surface area contributed by atoms with E-state index in [0.717, 1.165) is 31.9 Å². The molecular formula is C21H26N4O3. The van der Waals surface area contributed by atoms with Crippen LogP contribution in [0.4, 0.5) is 11.5 Å². The summed E-state index contributed by atoms with van der Waals surface area (Å²) in [4.78, 5) is 32.9. The van der Waals surface area contributed by atoms with Crippen molar-refractivity contribution < 1.29 is 14.3 Å². The molecule has 0 bridgehead atoms. The molecule has 2 aromatic rings. The van der Waals surface area contributed by atoms with E-state index in [9.17, 15) is 9.59 Å². The Bertz CT molecular complexity index is 823. The number of amides is 2. The molecule has 1 saturated heterocycles. The van der Waals surface area contributed by atoms with Crippen LogP contribution in [0.1, 0.15) is 30.1 Å². The summed E-state index contributed by atoms with van der Waals surface area (Å²) in [5.41, 5.74) is 1.16. The Morgan fingerprint density at radius 3 is 2.71 bits per heavy atom. The van der Waals surface area contributed by atoms with Gasteiger partial charge >= 0.3 is 0 Å². The summed E-state index contributed by atoms with van der Waals surface area (Å²) in [5, 5.41) is 2.85. The molecule has 2 heterocycles. The second-order valence-electron chi connectivity index (χ2n) is 6.67. The van der Waals surface area contributed by atoms with E-state index in [2.05, 4.69) is 15.2 Å². The van der Waals surface area contributed by atoms with Crippen molar-refractivity contribution in [3.8, 4) is 5.75 Å². The molecule has 1 aliphatic heterocycles. The zero-order valence-corrected chi connectivity index (χ0v) is 16.4. The number of hydrogen-bond acceptors (Lipinski definition) is 5. The number of aromatic nitrogens is 1. The van der Waals surface area contributed by atoms with Gasteiger partial charge in [0.05, 0.1) is 19.0 Å². The lowest BCUT2D eigenvalue weighted by molar-refractivity contribution is -0.130. The van der Waals surface area contributed by atoms with Gasteiger partial charge < -0.3 is 19.9 Å². The van der Waals surface area contributed by atoms with Gasteiger partial charge in [-0.1, -0.05) is 13.0 Å². The van der Waals surface area contributed by atoms with Crippen molar-refractivity contribution in [2.45, 2.75) is 19.8 Å². The highest BCUT2D eigenvalue weighted by molar-refractivity contribution is 6.04. The number of benzene rings is 1. The van der Waals surface area contributed by atoms with Crippen LogP contribution >= 0.6 is 0 Å². The number of anilines is 2. The third-order valence-electron chi connectivity index (χ3n) is 4.81. The van der Waals surface area contributed by atoms with E-state index < -0.39 is 0 Å². The highest BCUT2D eigenvalue weighted by Crippen LogP contribution is 2.18. The molecular weight excluding hydrogens is 356 g/mol. The maximum atomic E-state index is 12.4. The van der Waals surface area contributed by atoms with Crippen LogP contribution in [-0.4, -0.2) is 55.0 Å². The second-order valence-corrected chi connectivity index (χ2v) is 6.67. The van der Waals surface area contributed by atoms with Gasteiger partial charge in [0, 0.05) is 38.2 Å². The maximum absolute atomic E-state index is 12.4. The average Bonchev–Trinajstić information content (AvgIpc) is 3.00. The maximum Gasteiger partial charge on any atom is 0.255 e. The molecule has 0 saturated carbocycles. The van der Waals surface area contributed by atoms with Crippen LogP contribution in [0.15, 0.2) is 42.6 Å². The zero-order chi connectivity index (χ0) is 19.9. The number of carbonyl (C=O) groups excluding carboxylic acids is 2. The van der Waals surface area contributed by atoms with Crippen molar-refractivity contribution >= 4 is 23.3 Å². The van der Waals surface area contributed by atoms with E-state index in [0.29, 0.717) is 30.0 Å². The Labute approximate surface area is 165 Å². The molecule has 7 heteroatoms. The van der Waals surface area contributed by atoms with Crippen molar-refractivity contribution in [3.63, 3.8) is 0 Å². The Morgan fingerprint density at radius 2 is 2.00 bits per heavy atom. The van der Waals surface area contributed by atoms with Crippen LogP contribution in [0.3, 0.4) is 0 Å². The van der Waals surface area contributed by atoms with E-state index >= 15 is 0 Å². The number of ether oxygens (including phenoxy) is 1. The normalized spacial score (nSPS) is 14.4. The summed E-state index contributed by atoms with van der Waals surface area (Å²) >= 11 is 0. The summed E-state index contributed by atoms with van der Waals surface area (Å²) < 4.78 is 5.16. The second kappa shape index (κ2) is 9.21. The standard InChI is InChI=1S/C21H26N4O3/c1-3-20(26)25-11-5-10-24(12-13-25)19-9-8-17(15-22-19)23-21(27)16-6-4-7-18(14-16)28-2/h4,6-9,14-15H,3,5,10-13H2,1-2H3,(H,23,27). The van der Waals surface area contributed by atoms with Gasteiger partial charge in [-0.15, -0.1) is 0 Å². The van der Waals surface area contributed by atoms with Gasteiger partial charge in [0.1, 0.15) is 11.6 Å². The van der Waals surface area contributed by atoms with Crippen LogP contribution in [0.2, 0.25) is 0 Å². The van der Waals surface area contributed by atoms with Gasteiger partial charge in [-0.05, 0) is 36.8 Å². The summed E-state index contributed by atoms with van der Waals surface area (Å²) in [6.07, 6.45) is 3.12. The molecule has 3 rings (SSSR count). The number of rotatable bonds is 5. The molecule has 1 aromatic heterocycles. The van der Waals surface area contributed by atoms with Crippen LogP contribution in [0.5, 0.6) is 5.75 Å². The van der Waals surface area contributed by atoms with Gasteiger partial charge in [0.2, 0.25) is 5.91 Å². The first-order chi connectivity index (χ1) is 13.6. The van der Waals surface area contributed by atoms with E-state index in [1.807, 2.05) is 24.0 Å². The Morgan fingerprint density at radius 1 is 1.14 bits per heavy atom. The minimum Gasteiger partial charge on any atom is -0.497 e. The lowest BCUT2D eigenvalue weighted by atomic mass is 10.2.